The number of hydrogen-bond acceptors (Lipinski definition) is 5. The lowest BCUT2D eigenvalue weighted by Gasteiger charge is -2.40. The number of ether oxygens (including phenoxy) is 3. The molecule has 7 nitrogen and oxygen atoms in total. The number of carbonyl (C=O) groups is 2. The van der Waals surface area contributed by atoms with E-state index in [9.17, 15) is 9.59 Å². The van der Waals surface area contributed by atoms with E-state index in [2.05, 4.69) is 22.0 Å². The quantitative estimate of drug-likeness (QED) is 0.647. The predicted molar refractivity (Wildman–Crippen MR) is 115 cm³/mol. The molecule has 7 heteroatoms. The molecular formula is C23H38N2O5. The molecule has 0 saturated carbocycles. The summed E-state index contributed by atoms with van der Waals surface area (Å²) in [5.74, 6) is -1.02. The maximum Gasteiger partial charge on any atom is 0.308 e. The van der Waals surface area contributed by atoms with Crippen LogP contribution in [0, 0.1) is 13.8 Å². The summed E-state index contributed by atoms with van der Waals surface area (Å²) in [5.41, 5.74) is 1.81. The van der Waals surface area contributed by atoms with Crippen molar-refractivity contribution >= 4 is 11.9 Å². The van der Waals surface area contributed by atoms with Crippen molar-refractivity contribution in [1.29, 1.82) is 0 Å². The number of hydrogen-bond donors (Lipinski definition) is 1. The molecule has 0 aromatic carbocycles. The van der Waals surface area contributed by atoms with Gasteiger partial charge in [-0.15, -0.1) is 0 Å². The zero-order valence-corrected chi connectivity index (χ0v) is 19.5. The highest BCUT2D eigenvalue weighted by Gasteiger charge is 2.36. The Kier molecular flexibility index (Phi) is 8.11. The van der Waals surface area contributed by atoms with Gasteiger partial charge >= 0.3 is 5.97 Å². The van der Waals surface area contributed by atoms with Gasteiger partial charge in [0.1, 0.15) is 5.60 Å². The third kappa shape index (κ3) is 8.11. The molecule has 1 N–H and O–H groups in total. The molecule has 2 rings (SSSR count). The molecule has 0 unspecified atom stereocenters. The molecule has 0 aliphatic carbocycles. The van der Waals surface area contributed by atoms with Crippen molar-refractivity contribution in [3.8, 4) is 0 Å². The van der Waals surface area contributed by atoms with Crippen LogP contribution in [0.15, 0.2) is 12.1 Å². The van der Waals surface area contributed by atoms with E-state index in [0.29, 0.717) is 32.4 Å². The van der Waals surface area contributed by atoms with Gasteiger partial charge in [-0.3, -0.25) is 9.59 Å². The molecule has 30 heavy (non-hydrogen) atoms. The van der Waals surface area contributed by atoms with Gasteiger partial charge in [0.05, 0.1) is 18.6 Å². The first-order valence-electron chi connectivity index (χ1n) is 10.8. The van der Waals surface area contributed by atoms with Gasteiger partial charge in [-0.2, -0.15) is 0 Å². The summed E-state index contributed by atoms with van der Waals surface area (Å²) >= 11 is 0. The van der Waals surface area contributed by atoms with Gasteiger partial charge < -0.3 is 24.1 Å². The Labute approximate surface area is 180 Å². The summed E-state index contributed by atoms with van der Waals surface area (Å²) in [5, 5.41) is 2.98. The van der Waals surface area contributed by atoms with Crippen LogP contribution in [0.1, 0.15) is 71.7 Å². The van der Waals surface area contributed by atoms with Gasteiger partial charge in [0.25, 0.3) is 0 Å². The molecule has 1 aliphatic heterocycles. The van der Waals surface area contributed by atoms with Crippen LogP contribution >= 0.6 is 0 Å². The Morgan fingerprint density at radius 2 is 1.77 bits per heavy atom. The minimum atomic E-state index is -0.775. The van der Waals surface area contributed by atoms with Gasteiger partial charge in [-0.1, -0.05) is 0 Å². The van der Waals surface area contributed by atoms with E-state index in [1.807, 2.05) is 48.5 Å². The summed E-state index contributed by atoms with van der Waals surface area (Å²) in [6, 6.07) is 4.12. The van der Waals surface area contributed by atoms with E-state index in [1.54, 1.807) is 0 Å². The van der Waals surface area contributed by atoms with E-state index in [1.165, 1.54) is 0 Å². The summed E-state index contributed by atoms with van der Waals surface area (Å²) in [6.45, 7) is 14.5. The molecule has 170 valence electrons. The average Bonchev–Trinajstić information content (AvgIpc) is 2.88. The summed E-state index contributed by atoms with van der Waals surface area (Å²) in [7, 11) is 0. The SMILES string of the molecule is Cc1ccc(C)n1CCC(=O)NCC[C@H]1C[C@@H](CC(=O)OC(C)(C)C)OC(C)(C)O1. The van der Waals surface area contributed by atoms with E-state index >= 15 is 0 Å². The van der Waals surface area contributed by atoms with E-state index < -0.39 is 11.4 Å². The first-order valence-corrected chi connectivity index (χ1v) is 10.8. The molecule has 1 fully saturated rings. The summed E-state index contributed by atoms with van der Waals surface area (Å²) in [6.07, 6.45) is 1.56. The second-order valence-corrected chi connectivity index (χ2v) is 9.56. The topological polar surface area (TPSA) is 78.8 Å². The number of esters is 1. The molecule has 1 aliphatic rings. The van der Waals surface area contributed by atoms with Gasteiger partial charge in [0, 0.05) is 37.3 Å². The lowest BCUT2D eigenvalue weighted by atomic mass is 10.0. The second kappa shape index (κ2) is 9.96. The van der Waals surface area contributed by atoms with Crippen LogP contribution in [0.5, 0.6) is 0 Å². The minimum Gasteiger partial charge on any atom is -0.460 e. The third-order valence-corrected chi connectivity index (χ3v) is 5.01. The van der Waals surface area contributed by atoms with Crippen molar-refractivity contribution in [2.45, 2.75) is 104 Å². The fourth-order valence-corrected chi connectivity index (χ4v) is 3.82. The zero-order valence-electron chi connectivity index (χ0n) is 19.5. The van der Waals surface area contributed by atoms with Crippen LogP contribution in [-0.4, -0.2) is 46.6 Å². The van der Waals surface area contributed by atoms with E-state index in [-0.39, 0.29) is 30.5 Å². The lowest BCUT2D eigenvalue weighted by Crippen LogP contribution is -2.46. The highest BCUT2D eigenvalue weighted by atomic mass is 16.7. The maximum absolute atomic E-state index is 12.2. The number of aryl methyl sites for hydroxylation is 2. The highest BCUT2D eigenvalue weighted by Crippen LogP contribution is 2.30. The van der Waals surface area contributed by atoms with Crippen molar-refractivity contribution in [3.63, 3.8) is 0 Å². The van der Waals surface area contributed by atoms with Crippen LogP contribution in [0.2, 0.25) is 0 Å². The van der Waals surface area contributed by atoms with Gasteiger partial charge in [-0.05, 0) is 67.0 Å². The molecular weight excluding hydrogens is 384 g/mol. The third-order valence-electron chi connectivity index (χ3n) is 5.01. The van der Waals surface area contributed by atoms with Crippen LogP contribution in [0.25, 0.3) is 0 Å². The number of carbonyl (C=O) groups excluding carboxylic acids is 2. The van der Waals surface area contributed by atoms with Crippen molar-refractivity contribution in [2.75, 3.05) is 6.54 Å². The van der Waals surface area contributed by atoms with E-state index in [4.69, 9.17) is 14.2 Å². The van der Waals surface area contributed by atoms with Crippen LogP contribution in [0.3, 0.4) is 0 Å². The normalized spacial score (nSPS) is 21.3. The molecule has 0 radical (unpaired) electrons. The highest BCUT2D eigenvalue weighted by molar-refractivity contribution is 5.75. The Morgan fingerprint density at radius 1 is 1.17 bits per heavy atom. The van der Waals surface area contributed by atoms with Crippen molar-refractivity contribution in [3.05, 3.63) is 23.5 Å². The number of nitrogens with one attached hydrogen (secondary N) is 1. The zero-order chi connectivity index (χ0) is 22.5. The molecule has 1 aromatic heterocycles. The van der Waals surface area contributed by atoms with Crippen molar-refractivity contribution < 1.29 is 23.8 Å². The van der Waals surface area contributed by atoms with Crippen molar-refractivity contribution in [2.24, 2.45) is 0 Å². The van der Waals surface area contributed by atoms with Gasteiger partial charge in [-0.25, -0.2) is 0 Å². The monoisotopic (exact) mass is 422 g/mol. The predicted octanol–water partition coefficient (Wildman–Crippen LogP) is 3.64. The Morgan fingerprint density at radius 3 is 2.37 bits per heavy atom. The summed E-state index contributed by atoms with van der Waals surface area (Å²) in [4.78, 5) is 24.4. The molecule has 1 aromatic rings. The number of aromatic nitrogens is 1. The first kappa shape index (κ1) is 24.4. The molecule has 0 bridgehead atoms. The van der Waals surface area contributed by atoms with Crippen molar-refractivity contribution in [1.82, 2.24) is 9.88 Å². The van der Waals surface area contributed by atoms with E-state index in [0.717, 1.165) is 11.4 Å². The Balaban J connectivity index is 1.76. The first-order chi connectivity index (χ1) is 13.8. The molecule has 1 saturated heterocycles. The molecule has 0 spiro atoms. The molecule has 1 amide bonds. The largest absolute Gasteiger partial charge is 0.460 e. The second-order valence-electron chi connectivity index (χ2n) is 9.56. The van der Waals surface area contributed by atoms with Gasteiger partial charge in [0.15, 0.2) is 5.79 Å². The fourth-order valence-electron chi connectivity index (χ4n) is 3.82. The van der Waals surface area contributed by atoms with Crippen LogP contribution in [0.4, 0.5) is 0 Å². The van der Waals surface area contributed by atoms with Gasteiger partial charge in [0.2, 0.25) is 5.91 Å². The minimum absolute atomic E-state index is 0.0270. The maximum atomic E-state index is 12.2. The number of amides is 1. The van der Waals surface area contributed by atoms with Crippen LogP contribution < -0.4 is 5.32 Å². The standard InChI is InChI=1S/C23H38N2O5/c1-16-8-9-17(2)25(16)13-11-20(26)24-12-10-18-14-19(29-23(6,7)28-18)15-21(27)30-22(3,4)5/h8-9,18-19H,10-15H2,1-7H3,(H,24,26)/t18-,19-/m0/s1. The number of rotatable bonds is 8. The fraction of sp³-hybridized carbons (Fsp3) is 0.739. The Bertz CT molecular complexity index is 713. The molecule has 2 atom stereocenters. The number of nitrogens with zero attached hydrogens (tertiary/aromatic N) is 1. The Hall–Kier alpha value is -1.86. The smallest absolute Gasteiger partial charge is 0.308 e. The lowest BCUT2D eigenvalue weighted by molar-refractivity contribution is -0.300. The van der Waals surface area contributed by atoms with Crippen LogP contribution in [-0.2, 0) is 30.3 Å². The summed E-state index contributed by atoms with van der Waals surface area (Å²) < 4.78 is 19.5. The molecule has 2 heterocycles. The average molecular weight is 423 g/mol.